The van der Waals surface area contributed by atoms with Crippen LogP contribution in [-0.4, -0.2) is 6.61 Å². The molecule has 3 aromatic rings. The van der Waals surface area contributed by atoms with Crippen LogP contribution in [0.3, 0.4) is 0 Å². The van der Waals surface area contributed by atoms with Crippen molar-refractivity contribution in [2.45, 2.75) is 11.3 Å². The third kappa shape index (κ3) is 1.68. The molecule has 3 aromatic carbocycles. The van der Waals surface area contributed by atoms with E-state index in [0.29, 0.717) is 11.8 Å². The van der Waals surface area contributed by atoms with E-state index in [4.69, 9.17) is 4.74 Å². The minimum atomic E-state index is 0.0669. The summed E-state index contributed by atoms with van der Waals surface area (Å²) in [7, 11) is 0. The van der Waals surface area contributed by atoms with Crippen molar-refractivity contribution in [3.05, 3.63) is 102 Å². The van der Waals surface area contributed by atoms with Crippen LogP contribution in [0.2, 0.25) is 0 Å². The normalized spacial score (nSPS) is 27.5. The SMILES string of the molecule is c1ccc([C@@H]2[C@H]3COc4ccccc4[C@]32c2ccccc2)cc1. The van der Waals surface area contributed by atoms with E-state index < -0.39 is 0 Å². The number of benzene rings is 3. The van der Waals surface area contributed by atoms with Crippen molar-refractivity contribution < 1.29 is 4.74 Å². The molecule has 0 radical (unpaired) electrons. The molecule has 1 nitrogen and oxygen atoms in total. The molecule has 112 valence electrons. The predicted octanol–water partition coefficient (Wildman–Crippen LogP) is 4.78. The summed E-state index contributed by atoms with van der Waals surface area (Å²) in [4.78, 5) is 0. The van der Waals surface area contributed by atoms with E-state index in [9.17, 15) is 0 Å². The predicted molar refractivity (Wildman–Crippen MR) is 91.8 cm³/mol. The first-order valence-electron chi connectivity index (χ1n) is 8.25. The zero-order valence-electron chi connectivity index (χ0n) is 12.9. The summed E-state index contributed by atoms with van der Waals surface area (Å²) in [6, 6.07) is 30.4. The second-order valence-electron chi connectivity index (χ2n) is 6.54. The van der Waals surface area contributed by atoms with Gasteiger partial charge in [-0.3, -0.25) is 0 Å². The van der Waals surface area contributed by atoms with Crippen LogP contribution in [-0.2, 0) is 5.41 Å². The summed E-state index contributed by atoms with van der Waals surface area (Å²) in [5.41, 5.74) is 4.24. The van der Waals surface area contributed by atoms with Crippen molar-refractivity contribution in [2.75, 3.05) is 6.61 Å². The van der Waals surface area contributed by atoms with E-state index in [1.807, 2.05) is 0 Å². The quantitative estimate of drug-likeness (QED) is 0.661. The van der Waals surface area contributed by atoms with E-state index in [1.165, 1.54) is 16.7 Å². The van der Waals surface area contributed by atoms with Crippen LogP contribution in [0.1, 0.15) is 22.6 Å². The van der Waals surface area contributed by atoms with Gasteiger partial charge in [-0.05, 0) is 17.2 Å². The maximum absolute atomic E-state index is 6.08. The average molecular weight is 298 g/mol. The lowest BCUT2D eigenvalue weighted by Crippen LogP contribution is -2.22. The molecule has 3 atom stereocenters. The van der Waals surface area contributed by atoms with Gasteiger partial charge in [-0.2, -0.15) is 0 Å². The van der Waals surface area contributed by atoms with Gasteiger partial charge in [-0.15, -0.1) is 0 Å². The molecule has 0 bridgehead atoms. The Kier molecular flexibility index (Phi) is 2.66. The van der Waals surface area contributed by atoms with Gasteiger partial charge < -0.3 is 4.74 Å². The van der Waals surface area contributed by atoms with Gasteiger partial charge in [0.2, 0.25) is 0 Å². The van der Waals surface area contributed by atoms with Gasteiger partial charge in [0.1, 0.15) is 5.75 Å². The Balaban J connectivity index is 1.75. The fourth-order valence-electron chi connectivity index (χ4n) is 4.59. The average Bonchev–Trinajstić information content (AvgIpc) is 3.34. The highest BCUT2D eigenvalue weighted by atomic mass is 16.5. The summed E-state index contributed by atoms with van der Waals surface area (Å²) < 4.78 is 6.08. The van der Waals surface area contributed by atoms with E-state index in [-0.39, 0.29) is 5.41 Å². The van der Waals surface area contributed by atoms with Crippen LogP contribution >= 0.6 is 0 Å². The molecule has 2 aliphatic rings. The van der Waals surface area contributed by atoms with Gasteiger partial charge in [0.25, 0.3) is 0 Å². The van der Waals surface area contributed by atoms with Crippen molar-refractivity contribution >= 4 is 0 Å². The maximum Gasteiger partial charge on any atom is 0.123 e. The standard InChI is InChI=1S/C22H18O/c1-3-9-16(10-4-1)21-19-15-23-20-14-8-7-13-18(20)22(19,21)17-11-5-2-6-12-17/h1-14,19,21H,15H2/t19-,21-,22-/m1/s1. The maximum atomic E-state index is 6.08. The zero-order valence-corrected chi connectivity index (χ0v) is 12.9. The molecule has 0 saturated heterocycles. The number of rotatable bonds is 2. The lowest BCUT2D eigenvalue weighted by atomic mass is 9.82. The summed E-state index contributed by atoms with van der Waals surface area (Å²) in [6.07, 6.45) is 0. The molecule has 1 heteroatoms. The first kappa shape index (κ1) is 13.0. The largest absolute Gasteiger partial charge is 0.493 e. The van der Waals surface area contributed by atoms with Gasteiger partial charge in [0.05, 0.1) is 6.61 Å². The molecule has 1 heterocycles. The van der Waals surface area contributed by atoms with E-state index in [2.05, 4.69) is 84.9 Å². The monoisotopic (exact) mass is 298 g/mol. The highest BCUT2D eigenvalue weighted by Crippen LogP contribution is 2.71. The second-order valence-corrected chi connectivity index (χ2v) is 6.54. The van der Waals surface area contributed by atoms with Crippen molar-refractivity contribution in [3.63, 3.8) is 0 Å². The van der Waals surface area contributed by atoms with Crippen LogP contribution in [0.4, 0.5) is 0 Å². The van der Waals surface area contributed by atoms with Gasteiger partial charge in [-0.1, -0.05) is 78.9 Å². The summed E-state index contributed by atoms with van der Waals surface area (Å²) >= 11 is 0. The minimum Gasteiger partial charge on any atom is -0.493 e. The smallest absolute Gasteiger partial charge is 0.123 e. The van der Waals surface area contributed by atoms with E-state index in [0.717, 1.165) is 12.4 Å². The molecule has 0 spiro atoms. The van der Waals surface area contributed by atoms with Gasteiger partial charge >= 0.3 is 0 Å². The third-order valence-electron chi connectivity index (χ3n) is 5.53. The molecule has 1 aliphatic heterocycles. The zero-order chi connectivity index (χ0) is 15.3. The number of hydrogen-bond donors (Lipinski definition) is 0. The fraction of sp³-hybridized carbons (Fsp3) is 0.182. The Morgan fingerprint density at radius 3 is 2.17 bits per heavy atom. The molecule has 1 aliphatic carbocycles. The van der Waals surface area contributed by atoms with Crippen molar-refractivity contribution in [1.29, 1.82) is 0 Å². The molecule has 0 aromatic heterocycles. The fourth-order valence-corrected chi connectivity index (χ4v) is 4.59. The molecular weight excluding hydrogens is 280 g/mol. The number of fused-ring (bicyclic) bond motifs is 3. The van der Waals surface area contributed by atoms with Crippen LogP contribution in [0.25, 0.3) is 0 Å². The Morgan fingerprint density at radius 2 is 1.39 bits per heavy atom. The van der Waals surface area contributed by atoms with Crippen molar-refractivity contribution in [2.24, 2.45) is 5.92 Å². The highest BCUT2D eigenvalue weighted by molar-refractivity contribution is 5.61. The van der Waals surface area contributed by atoms with Gasteiger partial charge in [-0.25, -0.2) is 0 Å². The number of ether oxygens (including phenoxy) is 1. The summed E-state index contributed by atoms with van der Waals surface area (Å²) in [5, 5.41) is 0. The van der Waals surface area contributed by atoms with Crippen LogP contribution < -0.4 is 4.74 Å². The second kappa shape index (κ2) is 4.73. The van der Waals surface area contributed by atoms with Crippen LogP contribution in [0.15, 0.2) is 84.9 Å². The molecular formula is C22H18O. The molecule has 23 heavy (non-hydrogen) atoms. The summed E-state index contributed by atoms with van der Waals surface area (Å²) in [6.45, 7) is 0.797. The van der Waals surface area contributed by atoms with Crippen molar-refractivity contribution in [1.82, 2.24) is 0 Å². The van der Waals surface area contributed by atoms with Crippen LogP contribution in [0, 0.1) is 5.92 Å². The molecule has 0 unspecified atom stereocenters. The molecule has 0 amide bonds. The third-order valence-corrected chi connectivity index (χ3v) is 5.53. The van der Waals surface area contributed by atoms with E-state index >= 15 is 0 Å². The highest BCUT2D eigenvalue weighted by Gasteiger charge is 2.69. The first-order valence-corrected chi connectivity index (χ1v) is 8.25. The lowest BCUT2D eigenvalue weighted by Gasteiger charge is -2.27. The van der Waals surface area contributed by atoms with Gasteiger partial charge in [0, 0.05) is 22.8 Å². The lowest BCUT2D eigenvalue weighted by molar-refractivity contribution is 0.266. The summed E-state index contributed by atoms with van der Waals surface area (Å²) in [5.74, 6) is 2.06. The Hall–Kier alpha value is -2.54. The first-order chi connectivity index (χ1) is 11.4. The number of para-hydroxylation sites is 1. The Morgan fingerprint density at radius 1 is 0.739 bits per heavy atom. The van der Waals surface area contributed by atoms with Crippen molar-refractivity contribution in [3.8, 4) is 5.75 Å². The van der Waals surface area contributed by atoms with E-state index in [1.54, 1.807) is 0 Å². The van der Waals surface area contributed by atoms with Crippen LogP contribution in [0.5, 0.6) is 5.75 Å². The topological polar surface area (TPSA) is 9.23 Å². The minimum absolute atomic E-state index is 0.0669. The molecule has 1 fully saturated rings. The molecule has 5 rings (SSSR count). The van der Waals surface area contributed by atoms with Gasteiger partial charge in [0.15, 0.2) is 0 Å². The Labute approximate surface area is 136 Å². The number of hydrogen-bond acceptors (Lipinski definition) is 1. The molecule has 0 N–H and O–H groups in total. The molecule has 1 saturated carbocycles. The Bertz CT molecular complexity index is 840.